The Morgan fingerprint density at radius 2 is 2.05 bits per heavy atom. The van der Waals surface area contributed by atoms with Crippen molar-refractivity contribution in [1.29, 1.82) is 0 Å². The number of carbonyl (C=O) groups is 1. The van der Waals surface area contributed by atoms with Crippen molar-refractivity contribution in [3.8, 4) is 0 Å². The molecule has 0 saturated heterocycles. The molecule has 1 aromatic rings. The van der Waals surface area contributed by atoms with E-state index in [4.69, 9.17) is 5.73 Å². The molecular weight excluding hydrogens is 252 g/mol. The third kappa shape index (κ3) is 5.57. The fourth-order valence-corrected chi connectivity index (χ4v) is 1.86. The van der Waals surface area contributed by atoms with E-state index in [1.807, 2.05) is 34.0 Å². The predicted octanol–water partition coefficient (Wildman–Crippen LogP) is 1.86. The maximum atomic E-state index is 12.1. The van der Waals surface area contributed by atoms with E-state index in [1.165, 1.54) is 0 Å². The molecule has 1 heterocycles. The van der Waals surface area contributed by atoms with Gasteiger partial charge in [0, 0.05) is 17.8 Å². The van der Waals surface area contributed by atoms with E-state index in [1.54, 1.807) is 6.07 Å². The van der Waals surface area contributed by atoms with Crippen molar-refractivity contribution in [3.05, 3.63) is 23.4 Å². The number of nitrogens with zero attached hydrogens (tertiary/aromatic N) is 2. The Balaban J connectivity index is 2.51. The van der Waals surface area contributed by atoms with Gasteiger partial charge in [-0.25, -0.2) is 4.98 Å². The molecule has 0 bridgehead atoms. The number of hydrogen-bond donors (Lipinski definition) is 2. The Morgan fingerprint density at radius 3 is 2.65 bits per heavy atom. The van der Waals surface area contributed by atoms with E-state index < -0.39 is 0 Å². The molecule has 0 aliphatic rings. The highest BCUT2D eigenvalue weighted by atomic mass is 16.1. The minimum Gasteiger partial charge on any atom is -0.384 e. The molecule has 5 nitrogen and oxygen atoms in total. The summed E-state index contributed by atoms with van der Waals surface area (Å²) in [4.78, 5) is 18.4. The Labute approximate surface area is 121 Å². The molecule has 3 N–H and O–H groups in total. The Morgan fingerprint density at radius 1 is 1.35 bits per heavy atom. The summed E-state index contributed by atoms with van der Waals surface area (Å²) < 4.78 is 0. The van der Waals surface area contributed by atoms with Crippen LogP contribution in [0.25, 0.3) is 0 Å². The molecule has 20 heavy (non-hydrogen) atoms. The Bertz CT molecular complexity index is 443. The van der Waals surface area contributed by atoms with Crippen LogP contribution in [0, 0.1) is 0 Å². The van der Waals surface area contributed by atoms with Gasteiger partial charge in [-0.15, -0.1) is 0 Å². The van der Waals surface area contributed by atoms with Crippen LogP contribution >= 0.6 is 0 Å². The second kappa shape index (κ2) is 7.85. The van der Waals surface area contributed by atoms with E-state index in [0.717, 1.165) is 25.1 Å². The van der Waals surface area contributed by atoms with Gasteiger partial charge in [0.05, 0.1) is 0 Å². The highest BCUT2D eigenvalue weighted by Crippen LogP contribution is 2.15. The largest absolute Gasteiger partial charge is 0.384 e. The first-order chi connectivity index (χ1) is 9.40. The Kier molecular flexibility index (Phi) is 6.45. The van der Waals surface area contributed by atoms with Crippen LogP contribution in [0.15, 0.2) is 12.1 Å². The normalized spacial score (nSPS) is 11.1. The second-order valence-corrected chi connectivity index (χ2v) is 5.63. The van der Waals surface area contributed by atoms with Crippen LogP contribution in [0.5, 0.6) is 0 Å². The first-order valence-corrected chi connectivity index (χ1v) is 7.10. The molecule has 112 valence electrons. The molecule has 5 heteroatoms. The van der Waals surface area contributed by atoms with Crippen LogP contribution in [-0.2, 0) is 0 Å². The van der Waals surface area contributed by atoms with E-state index in [9.17, 15) is 4.79 Å². The topological polar surface area (TPSA) is 71.2 Å². The first kappa shape index (κ1) is 16.4. The highest BCUT2D eigenvalue weighted by molar-refractivity contribution is 5.94. The number of rotatable bonds is 7. The third-order valence-electron chi connectivity index (χ3n) is 3.04. The van der Waals surface area contributed by atoms with Crippen LogP contribution in [0.3, 0.4) is 0 Å². The summed E-state index contributed by atoms with van der Waals surface area (Å²) in [6, 6.07) is 3.44. The van der Waals surface area contributed by atoms with Gasteiger partial charge in [0.1, 0.15) is 5.82 Å². The number of nitrogens with one attached hydrogen (secondary N) is 1. The lowest BCUT2D eigenvalue weighted by molar-refractivity contribution is 0.0952. The fourth-order valence-electron chi connectivity index (χ4n) is 1.86. The van der Waals surface area contributed by atoms with Crippen molar-refractivity contribution in [2.75, 3.05) is 32.9 Å². The first-order valence-electron chi connectivity index (χ1n) is 7.10. The molecule has 1 rings (SSSR count). The zero-order valence-corrected chi connectivity index (χ0v) is 12.9. The summed E-state index contributed by atoms with van der Waals surface area (Å²) in [5, 5.41) is 2.93. The van der Waals surface area contributed by atoms with Crippen LogP contribution in [0.2, 0.25) is 0 Å². The van der Waals surface area contributed by atoms with Crippen molar-refractivity contribution < 1.29 is 4.79 Å². The molecule has 1 amide bonds. The number of pyridine rings is 1. The lowest BCUT2D eigenvalue weighted by Gasteiger charge is -2.11. The van der Waals surface area contributed by atoms with Gasteiger partial charge in [-0.05, 0) is 51.5 Å². The summed E-state index contributed by atoms with van der Waals surface area (Å²) in [6.07, 6.45) is 2.05. The summed E-state index contributed by atoms with van der Waals surface area (Å²) in [5.41, 5.74) is 7.19. The van der Waals surface area contributed by atoms with Crippen molar-refractivity contribution in [3.63, 3.8) is 0 Å². The summed E-state index contributed by atoms with van der Waals surface area (Å²) in [5.74, 6) is 0.574. The molecule has 0 spiro atoms. The second-order valence-electron chi connectivity index (χ2n) is 5.63. The zero-order valence-electron chi connectivity index (χ0n) is 12.9. The van der Waals surface area contributed by atoms with Gasteiger partial charge < -0.3 is 16.0 Å². The highest BCUT2D eigenvalue weighted by Gasteiger charge is 2.10. The molecule has 0 aliphatic carbocycles. The molecule has 0 unspecified atom stereocenters. The summed E-state index contributed by atoms with van der Waals surface area (Å²) >= 11 is 0. The summed E-state index contributed by atoms with van der Waals surface area (Å²) in [7, 11) is 4.09. The minimum atomic E-state index is -0.0779. The third-order valence-corrected chi connectivity index (χ3v) is 3.04. The van der Waals surface area contributed by atoms with Crippen LogP contribution in [-0.4, -0.2) is 43.0 Å². The lowest BCUT2D eigenvalue weighted by atomic mass is 10.1. The number of anilines is 1. The maximum Gasteiger partial charge on any atom is 0.251 e. The minimum absolute atomic E-state index is 0.0779. The zero-order chi connectivity index (χ0) is 15.1. The predicted molar refractivity (Wildman–Crippen MR) is 82.9 cm³/mol. The van der Waals surface area contributed by atoms with E-state index in [0.29, 0.717) is 17.9 Å². The number of amides is 1. The van der Waals surface area contributed by atoms with Crippen molar-refractivity contribution in [2.45, 2.75) is 32.6 Å². The van der Waals surface area contributed by atoms with Gasteiger partial charge in [-0.3, -0.25) is 4.79 Å². The fraction of sp³-hybridized carbons (Fsp3) is 0.600. The smallest absolute Gasteiger partial charge is 0.251 e. The molecule has 0 aromatic carbocycles. The van der Waals surface area contributed by atoms with Crippen LogP contribution in [0.4, 0.5) is 5.82 Å². The van der Waals surface area contributed by atoms with Crippen LogP contribution in [0.1, 0.15) is 48.7 Å². The quantitative estimate of drug-likeness (QED) is 0.747. The van der Waals surface area contributed by atoms with Gasteiger partial charge in [0.2, 0.25) is 0 Å². The average Bonchev–Trinajstić information content (AvgIpc) is 2.36. The number of nitrogens with two attached hydrogens (primary N) is 1. The van der Waals surface area contributed by atoms with Gasteiger partial charge in [0.25, 0.3) is 5.91 Å². The van der Waals surface area contributed by atoms with Crippen molar-refractivity contribution in [1.82, 2.24) is 15.2 Å². The van der Waals surface area contributed by atoms with E-state index >= 15 is 0 Å². The van der Waals surface area contributed by atoms with Gasteiger partial charge in [-0.2, -0.15) is 0 Å². The molecular formula is C15H26N4O. The maximum absolute atomic E-state index is 12.1. The van der Waals surface area contributed by atoms with Gasteiger partial charge in [-0.1, -0.05) is 13.8 Å². The van der Waals surface area contributed by atoms with Gasteiger partial charge >= 0.3 is 0 Å². The SMILES string of the molecule is CC(C)c1cc(C(=O)NCCCCN(C)C)cc(N)n1. The molecule has 0 saturated carbocycles. The van der Waals surface area contributed by atoms with E-state index in [-0.39, 0.29) is 11.8 Å². The van der Waals surface area contributed by atoms with E-state index in [2.05, 4.69) is 15.2 Å². The number of hydrogen-bond acceptors (Lipinski definition) is 4. The average molecular weight is 278 g/mol. The van der Waals surface area contributed by atoms with Crippen molar-refractivity contribution >= 4 is 11.7 Å². The molecule has 0 radical (unpaired) electrons. The lowest BCUT2D eigenvalue weighted by Crippen LogP contribution is -2.25. The molecule has 1 aromatic heterocycles. The number of unbranched alkanes of at least 4 members (excludes halogenated alkanes) is 1. The molecule has 0 aliphatic heterocycles. The van der Waals surface area contributed by atoms with Crippen molar-refractivity contribution in [2.24, 2.45) is 0 Å². The monoisotopic (exact) mass is 278 g/mol. The van der Waals surface area contributed by atoms with Gasteiger partial charge in [0.15, 0.2) is 0 Å². The number of nitrogen functional groups attached to an aromatic ring is 1. The van der Waals surface area contributed by atoms with Crippen LogP contribution < -0.4 is 11.1 Å². The molecule has 0 atom stereocenters. The molecule has 0 fully saturated rings. The Hall–Kier alpha value is -1.62. The number of aromatic nitrogens is 1. The summed E-state index contributed by atoms with van der Waals surface area (Å²) in [6.45, 7) is 5.79. The standard InChI is InChI=1S/C15H26N4O/c1-11(2)13-9-12(10-14(16)18-13)15(20)17-7-5-6-8-19(3)4/h9-11H,5-8H2,1-4H3,(H2,16,18)(H,17,20). The number of carbonyl (C=O) groups excluding carboxylic acids is 1.